The maximum atomic E-state index is 11.1. The first-order chi connectivity index (χ1) is 5.63. The van der Waals surface area contributed by atoms with E-state index in [2.05, 4.69) is 5.32 Å². The Balaban J connectivity index is 2.59. The van der Waals surface area contributed by atoms with E-state index < -0.39 is 11.9 Å². The first kappa shape index (κ1) is 8.83. The quantitative estimate of drug-likeness (QED) is 0.575. The summed E-state index contributed by atoms with van der Waals surface area (Å²) in [4.78, 5) is 23.3. The van der Waals surface area contributed by atoms with Crippen LogP contribution >= 0.6 is 0 Å². The molecular formula is C7H13N3O2. The first-order valence-corrected chi connectivity index (χ1v) is 3.96. The lowest BCUT2D eigenvalue weighted by Gasteiger charge is -2.30. The summed E-state index contributed by atoms with van der Waals surface area (Å²) in [5.41, 5.74) is 5.07. The minimum Gasteiger partial charge on any atom is -0.368 e. The molecule has 1 saturated heterocycles. The van der Waals surface area contributed by atoms with Gasteiger partial charge < -0.3 is 16.0 Å². The van der Waals surface area contributed by atoms with E-state index in [4.69, 9.17) is 5.73 Å². The normalized spacial score (nSPS) is 20.1. The maximum Gasteiger partial charge on any atom is 0.318 e. The van der Waals surface area contributed by atoms with Crippen molar-refractivity contribution >= 4 is 11.9 Å². The van der Waals surface area contributed by atoms with E-state index in [-0.39, 0.29) is 6.03 Å². The molecule has 1 rings (SSSR count). The van der Waals surface area contributed by atoms with Crippen LogP contribution in [0, 0.1) is 0 Å². The number of nitrogens with zero attached hydrogens (tertiary/aromatic N) is 1. The third kappa shape index (κ3) is 1.66. The van der Waals surface area contributed by atoms with Gasteiger partial charge in [0.1, 0.15) is 6.04 Å². The van der Waals surface area contributed by atoms with Gasteiger partial charge in [-0.1, -0.05) is 0 Å². The molecule has 1 heterocycles. The molecule has 5 heteroatoms. The van der Waals surface area contributed by atoms with E-state index in [9.17, 15) is 9.59 Å². The number of urea groups is 1. The summed E-state index contributed by atoms with van der Waals surface area (Å²) in [6.45, 7) is 2.92. The van der Waals surface area contributed by atoms with Gasteiger partial charge in [0, 0.05) is 13.1 Å². The van der Waals surface area contributed by atoms with Crippen LogP contribution in [-0.4, -0.2) is 36.0 Å². The van der Waals surface area contributed by atoms with Gasteiger partial charge in [0.25, 0.3) is 0 Å². The summed E-state index contributed by atoms with van der Waals surface area (Å²) in [6.07, 6.45) is 0.864. The summed E-state index contributed by atoms with van der Waals surface area (Å²) < 4.78 is 0. The van der Waals surface area contributed by atoms with Gasteiger partial charge in [-0.25, -0.2) is 4.79 Å². The van der Waals surface area contributed by atoms with Gasteiger partial charge in [-0.3, -0.25) is 4.79 Å². The molecule has 3 N–H and O–H groups in total. The zero-order valence-corrected chi connectivity index (χ0v) is 7.04. The second kappa shape index (κ2) is 3.42. The molecule has 0 radical (unpaired) electrons. The largest absolute Gasteiger partial charge is 0.368 e. The molecular weight excluding hydrogens is 158 g/mol. The van der Waals surface area contributed by atoms with Gasteiger partial charge in [-0.15, -0.1) is 0 Å². The zero-order chi connectivity index (χ0) is 9.14. The third-order valence-corrected chi connectivity index (χ3v) is 1.99. The standard InChI is InChI=1S/C7H13N3O2/c1-5(6(8)11)10-4-2-3-9-7(10)12/h5H,2-4H2,1H3,(H2,8,11)(H,9,12). The summed E-state index contributed by atoms with van der Waals surface area (Å²) in [5, 5.41) is 2.65. The molecule has 0 saturated carbocycles. The number of rotatable bonds is 2. The molecule has 5 nitrogen and oxygen atoms in total. The van der Waals surface area contributed by atoms with Gasteiger partial charge in [-0.05, 0) is 13.3 Å². The lowest BCUT2D eigenvalue weighted by Crippen LogP contribution is -2.54. The molecule has 12 heavy (non-hydrogen) atoms. The number of carbonyl (C=O) groups is 2. The molecule has 1 aliphatic heterocycles. The van der Waals surface area contributed by atoms with Crippen LogP contribution in [0.4, 0.5) is 4.79 Å². The first-order valence-electron chi connectivity index (χ1n) is 3.96. The van der Waals surface area contributed by atoms with Crippen molar-refractivity contribution in [2.75, 3.05) is 13.1 Å². The highest BCUT2D eigenvalue weighted by Gasteiger charge is 2.25. The van der Waals surface area contributed by atoms with E-state index in [1.165, 1.54) is 4.90 Å². The van der Waals surface area contributed by atoms with Crippen molar-refractivity contribution in [1.82, 2.24) is 10.2 Å². The Morgan fingerprint density at radius 1 is 1.75 bits per heavy atom. The lowest BCUT2D eigenvalue weighted by molar-refractivity contribution is -0.121. The van der Waals surface area contributed by atoms with Crippen LogP contribution in [0.1, 0.15) is 13.3 Å². The monoisotopic (exact) mass is 171 g/mol. The Morgan fingerprint density at radius 2 is 2.42 bits per heavy atom. The summed E-state index contributed by atoms with van der Waals surface area (Å²) in [7, 11) is 0. The zero-order valence-electron chi connectivity index (χ0n) is 7.04. The molecule has 1 fully saturated rings. The number of carbonyl (C=O) groups excluding carboxylic acids is 2. The SMILES string of the molecule is CC(C(N)=O)N1CCCNC1=O. The van der Waals surface area contributed by atoms with Crippen LogP contribution in [0.25, 0.3) is 0 Å². The molecule has 1 unspecified atom stereocenters. The predicted molar refractivity (Wildman–Crippen MR) is 43.4 cm³/mol. The Morgan fingerprint density at radius 3 is 2.92 bits per heavy atom. The van der Waals surface area contributed by atoms with Crippen molar-refractivity contribution in [1.29, 1.82) is 0 Å². The van der Waals surface area contributed by atoms with E-state index in [1.807, 2.05) is 0 Å². The fraction of sp³-hybridized carbons (Fsp3) is 0.714. The number of amides is 3. The van der Waals surface area contributed by atoms with E-state index in [1.54, 1.807) is 6.92 Å². The van der Waals surface area contributed by atoms with Crippen LogP contribution < -0.4 is 11.1 Å². The average Bonchev–Trinajstić information content (AvgIpc) is 2.04. The van der Waals surface area contributed by atoms with Crippen LogP contribution in [0.2, 0.25) is 0 Å². The van der Waals surface area contributed by atoms with E-state index in [0.717, 1.165) is 6.42 Å². The molecule has 0 aromatic carbocycles. The molecule has 3 amide bonds. The van der Waals surface area contributed by atoms with Gasteiger partial charge in [0.15, 0.2) is 0 Å². The second-order valence-corrected chi connectivity index (χ2v) is 2.86. The number of nitrogens with one attached hydrogen (secondary N) is 1. The molecule has 0 aromatic rings. The van der Waals surface area contributed by atoms with Crippen molar-refractivity contribution in [3.63, 3.8) is 0 Å². The Labute approximate surface area is 70.9 Å². The van der Waals surface area contributed by atoms with Crippen LogP contribution in [0.15, 0.2) is 0 Å². The number of primary amides is 1. The van der Waals surface area contributed by atoms with E-state index in [0.29, 0.717) is 13.1 Å². The highest BCUT2D eigenvalue weighted by Crippen LogP contribution is 2.04. The van der Waals surface area contributed by atoms with Gasteiger partial charge in [0.2, 0.25) is 5.91 Å². The van der Waals surface area contributed by atoms with Crippen molar-refractivity contribution in [3.05, 3.63) is 0 Å². The maximum absolute atomic E-state index is 11.1. The van der Waals surface area contributed by atoms with Gasteiger partial charge in [0.05, 0.1) is 0 Å². The highest BCUT2D eigenvalue weighted by atomic mass is 16.2. The van der Waals surface area contributed by atoms with Gasteiger partial charge >= 0.3 is 6.03 Å². The summed E-state index contributed by atoms with van der Waals surface area (Å²) in [6, 6.07) is -0.710. The van der Waals surface area contributed by atoms with Crippen LogP contribution in [0.3, 0.4) is 0 Å². The third-order valence-electron chi connectivity index (χ3n) is 1.99. The van der Waals surface area contributed by atoms with E-state index >= 15 is 0 Å². The fourth-order valence-electron chi connectivity index (χ4n) is 1.17. The molecule has 0 aromatic heterocycles. The lowest BCUT2D eigenvalue weighted by atomic mass is 10.2. The fourth-order valence-corrected chi connectivity index (χ4v) is 1.17. The molecule has 1 aliphatic rings. The van der Waals surface area contributed by atoms with Gasteiger partial charge in [-0.2, -0.15) is 0 Å². The second-order valence-electron chi connectivity index (χ2n) is 2.86. The summed E-state index contributed by atoms with van der Waals surface area (Å²) >= 11 is 0. The molecule has 1 atom stereocenters. The Kier molecular flexibility index (Phi) is 2.52. The Hall–Kier alpha value is -1.26. The molecule has 0 bridgehead atoms. The predicted octanol–water partition coefficient (Wildman–Crippen LogP) is -0.724. The topological polar surface area (TPSA) is 75.4 Å². The van der Waals surface area contributed by atoms with Crippen molar-refractivity contribution in [2.45, 2.75) is 19.4 Å². The minimum absolute atomic E-state index is 0.201. The Bertz CT molecular complexity index is 205. The van der Waals surface area contributed by atoms with Crippen LogP contribution in [0.5, 0.6) is 0 Å². The smallest absolute Gasteiger partial charge is 0.318 e. The average molecular weight is 171 g/mol. The van der Waals surface area contributed by atoms with Crippen molar-refractivity contribution in [2.24, 2.45) is 5.73 Å². The molecule has 0 spiro atoms. The number of hydrogen-bond donors (Lipinski definition) is 2. The van der Waals surface area contributed by atoms with Crippen molar-refractivity contribution in [3.8, 4) is 0 Å². The minimum atomic E-state index is -0.509. The number of nitrogens with two attached hydrogens (primary N) is 1. The van der Waals surface area contributed by atoms with Crippen molar-refractivity contribution < 1.29 is 9.59 Å². The molecule has 68 valence electrons. The summed E-state index contributed by atoms with van der Waals surface area (Å²) in [5.74, 6) is -0.466. The van der Waals surface area contributed by atoms with Crippen LogP contribution in [-0.2, 0) is 4.79 Å². The molecule has 0 aliphatic carbocycles. The number of hydrogen-bond acceptors (Lipinski definition) is 2. The highest BCUT2D eigenvalue weighted by molar-refractivity contribution is 5.85.